The van der Waals surface area contributed by atoms with Gasteiger partial charge < -0.3 is 24.5 Å². The Balaban J connectivity index is 1.04. The van der Waals surface area contributed by atoms with Crippen molar-refractivity contribution in [1.82, 2.24) is 14.8 Å². The highest BCUT2D eigenvalue weighted by Gasteiger charge is 2.61. The monoisotopic (exact) mass is 610 g/mol. The molecule has 3 heterocycles. The highest BCUT2D eigenvalue weighted by molar-refractivity contribution is 5.89. The normalized spacial score (nSPS) is 32.4. The van der Waals surface area contributed by atoms with Crippen molar-refractivity contribution in [2.24, 2.45) is 17.3 Å². The van der Waals surface area contributed by atoms with Crippen LogP contribution in [0.2, 0.25) is 0 Å². The number of hydrogen-bond donors (Lipinski definition) is 1. The summed E-state index contributed by atoms with van der Waals surface area (Å²) in [5.74, 6) is 5.22. The molecule has 1 aromatic heterocycles. The lowest BCUT2D eigenvalue weighted by molar-refractivity contribution is -0.143. The summed E-state index contributed by atoms with van der Waals surface area (Å²) in [6.45, 7) is 5.57. The molecule has 238 valence electrons. The average Bonchev–Trinajstić information content (AvgIpc) is 3.67. The van der Waals surface area contributed by atoms with Gasteiger partial charge in [0.05, 0.1) is 19.2 Å². The molecule has 45 heavy (non-hydrogen) atoms. The lowest BCUT2D eigenvalue weighted by Gasteiger charge is -2.52. The maximum Gasteiger partial charge on any atom is 0.245 e. The maximum absolute atomic E-state index is 13.7. The molecular formula is C37H46N4O4. The molecule has 2 amide bonds. The zero-order valence-corrected chi connectivity index (χ0v) is 26.7. The number of amides is 2. The second-order valence-electron chi connectivity index (χ2n) is 14.2. The minimum Gasteiger partial charge on any atom is -0.495 e. The van der Waals surface area contributed by atoms with Crippen molar-refractivity contribution in [3.8, 4) is 18.1 Å². The molecule has 1 N–H and O–H groups in total. The zero-order chi connectivity index (χ0) is 31.3. The van der Waals surface area contributed by atoms with Gasteiger partial charge in [-0.05, 0) is 110 Å². The first-order chi connectivity index (χ1) is 21.8. The number of pyridine rings is 1. The van der Waals surface area contributed by atoms with Crippen LogP contribution in [0.5, 0.6) is 5.75 Å². The molecule has 7 rings (SSSR count). The van der Waals surface area contributed by atoms with Crippen molar-refractivity contribution in [1.29, 1.82) is 0 Å². The molecule has 0 spiro atoms. The van der Waals surface area contributed by atoms with Gasteiger partial charge in [0, 0.05) is 50.5 Å². The SMILES string of the molecule is C#C[C@@]1(O)CC[C@H]2[C@@H]3CCc4cc(OC)c(N5CCN(C(=O)[C@@H]6CCCN6C(=O)Cc6ccncc6)CC5)cc4[C@H]3CC[C@@]21C. The van der Waals surface area contributed by atoms with Crippen molar-refractivity contribution in [3.05, 3.63) is 53.3 Å². The first kappa shape index (κ1) is 30.1. The smallest absolute Gasteiger partial charge is 0.245 e. The molecule has 2 saturated heterocycles. The summed E-state index contributed by atoms with van der Waals surface area (Å²) in [4.78, 5) is 37.0. The van der Waals surface area contributed by atoms with E-state index in [9.17, 15) is 14.7 Å². The zero-order valence-electron chi connectivity index (χ0n) is 26.7. The van der Waals surface area contributed by atoms with Crippen molar-refractivity contribution < 1.29 is 19.4 Å². The second-order valence-corrected chi connectivity index (χ2v) is 14.2. The molecule has 4 fully saturated rings. The Bertz CT molecular complexity index is 1500. The van der Waals surface area contributed by atoms with Crippen LogP contribution in [-0.2, 0) is 22.4 Å². The molecule has 3 aliphatic carbocycles. The van der Waals surface area contributed by atoms with Crippen molar-refractivity contribution in [3.63, 3.8) is 0 Å². The van der Waals surface area contributed by atoms with E-state index in [1.54, 1.807) is 24.4 Å². The fraction of sp³-hybridized carbons (Fsp3) is 0.595. The van der Waals surface area contributed by atoms with Crippen LogP contribution in [0.15, 0.2) is 36.7 Å². The number of fused-ring (bicyclic) bond motifs is 5. The third kappa shape index (κ3) is 4.99. The largest absolute Gasteiger partial charge is 0.495 e. The number of anilines is 1. The maximum atomic E-state index is 13.7. The first-order valence-corrected chi connectivity index (χ1v) is 16.9. The number of methoxy groups -OCH3 is 1. The van der Waals surface area contributed by atoms with Gasteiger partial charge in [-0.25, -0.2) is 0 Å². The Labute approximate surface area is 267 Å². The van der Waals surface area contributed by atoms with Gasteiger partial charge in [0.2, 0.25) is 11.8 Å². The van der Waals surface area contributed by atoms with Gasteiger partial charge in [0.25, 0.3) is 0 Å². The number of ether oxygens (including phenoxy) is 1. The molecule has 0 unspecified atom stereocenters. The van der Waals surface area contributed by atoms with Crippen LogP contribution in [0.1, 0.15) is 74.5 Å². The standard InChI is InChI=1S/C37H46N4O4/c1-4-37(44)14-10-30-28-8-7-26-23-33(45-3)32(24-29(26)27(28)9-13-36(30,37)2)39-18-20-40(21-19-39)35(43)31-6-5-17-41(31)34(42)22-25-11-15-38-16-12-25/h1,11-12,15-16,23-24,27-28,30-31,44H,5-10,13-14,17-22H2,2-3H3/t27-,28+,30-,31-,36-,37+/m0/s1. The Morgan fingerprint density at radius 1 is 1.07 bits per heavy atom. The van der Waals surface area contributed by atoms with Crippen molar-refractivity contribution >= 4 is 17.5 Å². The minimum absolute atomic E-state index is 0.0115. The highest BCUT2D eigenvalue weighted by Crippen LogP contribution is 2.64. The van der Waals surface area contributed by atoms with Gasteiger partial charge in [0.1, 0.15) is 17.4 Å². The average molecular weight is 611 g/mol. The number of aryl methyl sites for hydroxylation is 1. The van der Waals surface area contributed by atoms with Gasteiger partial charge in [-0.3, -0.25) is 14.6 Å². The van der Waals surface area contributed by atoms with Crippen molar-refractivity contribution in [2.75, 3.05) is 44.7 Å². The van der Waals surface area contributed by atoms with E-state index in [1.165, 1.54) is 11.1 Å². The third-order valence-corrected chi connectivity index (χ3v) is 12.3. The van der Waals surface area contributed by atoms with Gasteiger partial charge >= 0.3 is 0 Å². The van der Waals surface area contributed by atoms with E-state index in [2.05, 4.69) is 34.9 Å². The predicted molar refractivity (Wildman–Crippen MR) is 173 cm³/mol. The lowest BCUT2D eigenvalue weighted by Crippen LogP contribution is -2.54. The van der Waals surface area contributed by atoms with E-state index in [0.29, 0.717) is 50.2 Å². The van der Waals surface area contributed by atoms with E-state index in [4.69, 9.17) is 11.2 Å². The van der Waals surface area contributed by atoms with Crippen LogP contribution in [0.3, 0.4) is 0 Å². The number of terminal acetylenes is 1. The molecule has 0 radical (unpaired) electrons. The molecule has 0 bridgehead atoms. The number of carbonyl (C=O) groups is 2. The number of nitrogens with zero attached hydrogens (tertiary/aromatic N) is 4. The van der Waals surface area contributed by atoms with E-state index in [-0.39, 0.29) is 23.3 Å². The summed E-state index contributed by atoms with van der Waals surface area (Å²) in [7, 11) is 1.75. The molecule has 8 heteroatoms. The summed E-state index contributed by atoms with van der Waals surface area (Å²) in [5, 5.41) is 11.3. The minimum atomic E-state index is -0.993. The number of piperazine rings is 1. The molecule has 2 aromatic rings. The van der Waals surface area contributed by atoms with E-state index >= 15 is 0 Å². The van der Waals surface area contributed by atoms with Crippen LogP contribution in [0.25, 0.3) is 0 Å². The number of carbonyl (C=O) groups excluding carboxylic acids is 2. The fourth-order valence-corrected chi connectivity index (χ4v) is 9.73. The summed E-state index contributed by atoms with van der Waals surface area (Å²) in [5.41, 5.74) is 3.65. The Kier molecular flexibility index (Phi) is 7.80. The number of likely N-dealkylation sites (tertiary alicyclic amines) is 1. The summed E-state index contributed by atoms with van der Waals surface area (Å²) in [6, 6.07) is 7.98. The third-order valence-electron chi connectivity index (χ3n) is 12.3. The second kappa shape index (κ2) is 11.7. The Hall–Kier alpha value is -3.57. The molecule has 1 aromatic carbocycles. The number of rotatable bonds is 5. The lowest BCUT2D eigenvalue weighted by atomic mass is 9.53. The fourth-order valence-electron chi connectivity index (χ4n) is 9.73. The van der Waals surface area contributed by atoms with Crippen molar-refractivity contribution in [2.45, 2.75) is 82.3 Å². The topological polar surface area (TPSA) is 86.2 Å². The summed E-state index contributed by atoms with van der Waals surface area (Å²) < 4.78 is 5.95. The Morgan fingerprint density at radius 3 is 2.58 bits per heavy atom. The van der Waals surface area contributed by atoms with Crippen LogP contribution < -0.4 is 9.64 Å². The summed E-state index contributed by atoms with van der Waals surface area (Å²) >= 11 is 0. The van der Waals surface area contributed by atoms with Crippen LogP contribution in [-0.4, -0.2) is 83.2 Å². The van der Waals surface area contributed by atoms with Gasteiger partial charge in [-0.15, -0.1) is 6.42 Å². The van der Waals surface area contributed by atoms with Gasteiger partial charge in [-0.1, -0.05) is 12.8 Å². The number of aromatic nitrogens is 1. The quantitative estimate of drug-likeness (QED) is 0.511. The van der Waals surface area contributed by atoms with E-state index < -0.39 is 5.60 Å². The molecule has 5 aliphatic rings. The summed E-state index contributed by atoms with van der Waals surface area (Å²) in [6.07, 6.45) is 17.0. The van der Waals surface area contributed by atoms with Gasteiger partial charge in [0.15, 0.2) is 0 Å². The predicted octanol–water partition coefficient (Wildman–Crippen LogP) is 4.19. The Morgan fingerprint density at radius 2 is 1.84 bits per heavy atom. The van der Waals surface area contributed by atoms with Gasteiger partial charge in [-0.2, -0.15) is 0 Å². The number of hydrogen-bond acceptors (Lipinski definition) is 6. The number of aliphatic hydroxyl groups is 1. The first-order valence-electron chi connectivity index (χ1n) is 16.9. The molecule has 6 atom stereocenters. The molecule has 2 aliphatic heterocycles. The van der Waals surface area contributed by atoms with E-state index in [1.807, 2.05) is 17.0 Å². The molecule has 8 nitrogen and oxygen atoms in total. The van der Waals surface area contributed by atoms with Crippen LogP contribution in [0, 0.1) is 29.6 Å². The molecular weight excluding hydrogens is 564 g/mol. The van der Waals surface area contributed by atoms with E-state index in [0.717, 1.165) is 75.0 Å². The van der Waals surface area contributed by atoms with Crippen LogP contribution in [0.4, 0.5) is 5.69 Å². The number of benzene rings is 1. The highest BCUT2D eigenvalue weighted by atomic mass is 16.5. The molecule has 2 saturated carbocycles. The van der Waals surface area contributed by atoms with Crippen LogP contribution >= 0.6 is 0 Å².